The van der Waals surface area contributed by atoms with E-state index in [2.05, 4.69) is 29.5 Å². The lowest BCUT2D eigenvalue weighted by molar-refractivity contribution is 0.299. The smallest absolute Gasteiger partial charge is 0.0406 e. The Morgan fingerprint density at radius 3 is 2.67 bits per heavy atom. The van der Waals surface area contributed by atoms with Gasteiger partial charge in [0.2, 0.25) is 0 Å². The average molecular weight is 204 g/mol. The van der Waals surface area contributed by atoms with Gasteiger partial charge in [-0.2, -0.15) is 0 Å². The fraction of sp³-hybridized carbons (Fsp3) is 0.615. The monoisotopic (exact) mass is 204 g/mol. The standard InChI is InChI=1S/C13H20N2/c1-14-12-7-5-11(6-8-12)10-13-4-2-3-9-15-13/h2-4,9,11-12,14H,5-8,10H2,1H3. The van der Waals surface area contributed by atoms with Gasteiger partial charge >= 0.3 is 0 Å². The van der Waals surface area contributed by atoms with Crippen LogP contribution in [-0.4, -0.2) is 18.1 Å². The summed E-state index contributed by atoms with van der Waals surface area (Å²) in [6.07, 6.45) is 8.41. The van der Waals surface area contributed by atoms with Gasteiger partial charge in [0.25, 0.3) is 0 Å². The van der Waals surface area contributed by atoms with Crippen molar-refractivity contribution in [3.8, 4) is 0 Å². The molecule has 1 aromatic heterocycles. The molecule has 0 atom stereocenters. The second kappa shape index (κ2) is 5.26. The second-order valence-electron chi connectivity index (χ2n) is 4.53. The Morgan fingerprint density at radius 2 is 2.07 bits per heavy atom. The topological polar surface area (TPSA) is 24.9 Å². The molecule has 1 aromatic rings. The number of nitrogens with one attached hydrogen (secondary N) is 1. The van der Waals surface area contributed by atoms with E-state index in [9.17, 15) is 0 Å². The van der Waals surface area contributed by atoms with Crippen LogP contribution in [0.2, 0.25) is 0 Å². The molecular formula is C13H20N2. The molecule has 1 aliphatic rings. The first kappa shape index (κ1) is 10.6. The van der Waals surface area contributed by atoms with E-state index in [1.54, 1.807) is 0 Å². The maximum Gasteiger partial charge on any atom is 0.0406 e. The summed E-state index contributed by atoms with van der Waals surface area (Å²) in [5, 5.41) is 3.37. The van der Waals surface area contributed by atoms with Gasteiger partial charge in [-0.25, -0.2) is 0 Å². The molecule has 0 radical (unpaired) electrons. The van der Waals surface area contributed by atoms with Gasteiger partial charge < -0.3 is 5.32 Å². The number of nitrogens with zero attached hydrogens (tertiary/aromatic N) is 1. The number of hydrogen-bond donors (Lipinski definition) is 1. The van der Waals surface area contributed by atoms with Crippen LogP contribution < -0.4 is 5.32 Å². The predicted octanol–water partition coefficient (Wildman–Crippen LogP) is 2.40. The van der Waals surface area contributed by atoms with Crippen LogP contribution in [0, 0.1) is 5.92 Å². The van der Waals surface area contributed by atoms with Crippen LogP contribution in [0.5, 0.6) is 0 Å². The van der Waals surface area contributed by atoms with E-state index < -0.39 is 0 Å². The van der Waals surface area contributed by atoms with Crippen LogP contribution in [0.4, 0.5) is 0 Å². The summed E-state index contributed by atoms with van der Waals surface area (Å²) in [6.45, 7) is 0. The highest BCUT2D eigenvalue weighted by Gasteiger charge is 2.20. The van der Waals surface area contributed by atoms with E-state index in [-0.39, 0.29) is 0 Å². The molecule has 0 saturated heterocycles. The van der Waals surface area contributed by atoms with E-state index in [0.29, 0.717) is 0 Å². The molecule has 0 aliphatic heterocycles. The molecule has 1 N–H and O–H groups in total. The first-order chi connectivity index (χ1) is 7.38. The Bertz CT molecular complexity index is 276. The van der Waals surface area contributed by atoms with Gasteiger partial charge in [0, 0.05) is 17.9 Å². The molecule has 15 heavy (non-hydrogen) atoms. The Hall–Kier alpha value is -0.890. The molecular weight excluding hydrogens is 184 g/mol. The number of aromatic nitrogens is 1. The minimum Gasteiger partial charge on any atom is -0.317 e. The molecule has 1 fully saturated rings. The minimum absolute atomic E-state index is 0.755. The van der Waals surface area contributed by atoms with Crippen molar-refractivity contribution in [1.29, 1.82) is 0 Å². The lowest BCUT2D eigenvalue weighted by atomic mass is 9.83. The molecule has 1 heterocycles. The fourth-order valence-corrected chi connectivity index (χ4v) is 2.47. The Morgan fingerprint density at radius 1 is 1.27 bits per heavy atom. The van der Waals surface area contributed by atoms with Crippen LogP contribution in [-0.2, 0) is 6.42 Å². The third kappa shape index (κ3) is 3.03. The van der Waals surface area contributed by atoms with Gasteiger partial charge in [0.05, 0.1) is 0 Å². The molecule has 2 heteroatoms. The minimum atomic E-state index is 0.755. The summed E-state index contributed by atoms with van der Waals surface area (Å²) >= 11 is 0. The first-order valence-corrected chi connectivity index (χ1v) is 5.95. The van der Waals surface area contributed by atoms with Crippen molar-refractivity contribution in [3.63, 3.8) is 0 Å². The Kier molecular flexibility index (Phi) is 3.73. The third-order valence-electron chi connectivity index (χ3n) is 3.48. The molecule has 2 rings (SSSR count). The molecule has 0 bridgehead atoms. The van der Waals surface area contributed by atoms with Gasteiger partial charge in [-0.15, -0.1) is 0 Å². The highest BCUT2D eigenvalue weighted by Crippen LogP contribution is 2.26. The molecule has 1 aliphatic carbocycles. The van der Waals surface area contributed by atoms with Crippen LogP contribution >= 0.6 is 0 Å². The van der Waals surface area contributed by atoms with Crippen LogP contribution in [0.3, 0.4) is 0 Å². The molecule has 0 unspecified atom stereocenters. The Balaban J connectivity index is 1.82. The zero-order valence-corrected chi connectivity index (χ0v) is 9.45. The molecule has 1 saturated carbocycles. The molecule has 0 amide bonds. The van der Waals surface area contributed by atoms with Crippen molar-refractivity contribution in [1.82, 2.24) is 10.3 Å². The second-order valence-corrected chi connectivity index (χ2v) is 4.53. The van der Waals surface area contributed by atoms with Crippen molar-refractivity contribution < 1.29 is 0 Å². The summed E-state index contributed by atoms with van der Waals surface area (Å²) < 4.78 is 0. The number of rotatable bonds is 3. The van der Waals surface area contributed by atoms with E-state index in [1.807, 2.05) is 12.3 Å². The lowest BCUT2D eigenvalue weighted by Gasteiger charge is -2.27. The van der Waals surface area contributed by atoms with Crippen molar-refractivity contribution in [2.24, 2.45) is 5.92 Å². The maximum atomic E-state index is 4.40. The van der Waals surface area contributed by atoms with Crippen LogP contribution in [0.25, 0.3) is 0 Å². The predicted molar refractivity (Wildman–Crippen MR) is 62.7 cm³/mol. The third-order valence-corrected chi connectivity index (χ3v) is 3.48. The van der Waals surface area contributed by atoms with E-state index in [1.165, 1.54) is 31.4 Å². The lowest BCUT2D eigenvalue weighted by Crippen LogP contribution is -2.30. The van der Waals surface area contributed by atoms with Crippen LogP contribution in [0.1, 0.15) is 31.4 Å². The zero-order chi connectivity index (χ0) is 10.5. The fourth-order valence-electron chi connectivity index (χ4n) is 2.47. The van der Waals surface area contributed by atoms with Crippen molar-refractivity contribution in [2.45, 2.75) is 38.1 Å². The van der Waals surface area contributed by atoms with Gasteiger partial charge in [0.1, 0.15) is 0 Å². The highest BCUT2D eigenvalue weighted by molar-refractivity contribution is 5.04. The molecule has 0 spiro atoms. The highest BCUT2D eigenvalue weighted by atomic mass is 14.9. The average Bonchev–Trinajstić information content (AvgIpc) is 2.31. The molecule has 0 aromatic carbocycles. The summed E-state index contributed by atoms with van der Waals surface area (Å²) in [7, 11) is 2.07. The van der Waals surface area contributed by atoms with Gasteiger partial charge in [-0.05, 0) is 57.2 Å². The van der Waals surface area contributed by atoms with Crippen molar-refractivity contribution in [3.05, 3.63) is 30.1 Å². The maximum absolute atomic E-state index is 4.40. The van der Waals surface area contributed by atoms with E-state index >= 15 is 0 Å². The number of hydrogen-bond acceptors (Lipinski definition) is 2. The quantitative estimate of drug-likeness (QED) is 0.818. The van der Waals surface area contributed by atoms with Gasteiger partial charge in [-0.1, -0.05) is 6.07 Å². The number of pyridine rings is 1. The van der Waals surface area contributed by atoms with Crippen molar-refractivity contribution >= 4 is 0 Å². The normalized spacial score (nSPS) is 26.5. The van der Waals surface area contributed by atoms with E-state index in [4.69, 9.17) is 0 Å². The van der Waals surface area contributed by atoms with Crippen LogP contribution in [0.15, 0.2) is 24.4 Å². The summed E-state index contributed by atoms with van der Waals surface area (Å²) in [6, 6.07) is 6.97. The SMILES string of the molecule is CNC1CCC(Cc2ccccn2)CC1. The molecule has 2 nitrogen and oxygen atoms in total. The van der Waals surface area contributed by atoms with Gasteiger partial charge in [-0.3, -0.25) is 4.98 Å². The zero-order valence-electron chi connectivity index (χ0n) is 9.45. The van der Waals surface area contributed by atoms with Gasteiger partial charge in [0.15, 0.2) is 0 Å². The Labute approximate surface area is 92.1 Å². The summed E-state index contributed by atoms with van der Waals surface area (Å²) in [5.41, 5.74) is 1.26. The largest absolute Gasteiger partial charge is 0.317 e. The van der Waals surface area contributed by atoms with Crippen molar-refractivity contribution in [2.75, 3.05) is 7.05 Å². The summed E-state index contributed by atoms with van der Waals surface area (Å²) in [4.78, 5) is 4.40. The molecule has 82 valence electrons. The van der Waals surface area contributed by atoms with E-state index in [0.717, 1.165) is 18.4 Å². The first-order valence-electron chi connectivity index (χ1n) is 5.95. The summed E-state index contributed by atoms with van der Waals surface area (Å²) in [5.74, 6) is 0.851.